The molecule has 0 saturated carbocycles. The summed E-state index contributed by atoms with van der Waals surface area (Å²) < 4.78 is 0. The normalized spacial score (nSPS) is 7.79. The van der Waals surface area contributed by atoms with Crippen LogP contribution >= 0.6 is 0 Å². The Morgan fingerprint density at radius 2 is 0.179 bits per heavy atom. The molecule has 0 saturated heterocycles. The first kappa shape index (κ1) is 159. The molecule has 0 atom stereocenters. The van der Waals surface area contributed by atoms with Crippen LogP contribution in [0.25, 0.3) is 100 Å². The van der Waals surface area contributed by atoms with Gasteiger partial charge in [0, 0.05) is 0 Å². The van der Waals surface area contributed by atoms with Crippen LogP contribution in [0.4, 0.5) is 0 Å². The molecule has 0 aliphatic heterocycles. The lowest BCUT2D eigenvalue weighted by Crippen LogP contribution is -1.86. The fourth-order valence-electron chi connectivity index (χ4n) is 11.0. The van der Waals surface area contributed by atoms with Gasteiger partial charge in [0.25, 0.3) is 0 Å². The van der Waals surface area contributed by atoms with E-state index in [9.17, 15) is 0 Å². The average molecular weight is 1900 g/mol. The number of hydrogen-bond donors (Lipinski definition) is 0. The highest BCUT2D eigenvalue weighted by atomic mass is 14.1. The van der Waals surface area contributed by atoms with Crippen LogP contribution in [-0.2, 0) is 0 Å². The Hall–Kier alpha value is -11.7. The molecule has 0 heterocycles. The van der Waals surface area contributed by atoms with Crippen molar-refractivity contribution in [2.75, 3.05) is 0 Å². The van der Waals surface area contributed by atoms with Crippen molar-refractivity contribution < 1.29 is 0 Å². The third-order valence-electron chi connectivity index (χ3n) is 15.8. The second-order valence-corrected chi connectivity index (χ2v) is 23.2. The summed E-state index contributed by atoms with van der Waals surface area (Å²) in [7, 11) is 0. The zero-order valence-electron chi connectivity index (χ0n) is 100. The van der Waals surface area contributed by atoms with Crippen molar-refractivity contribution in [1.82, 2.24) is 0 Å². The van der Waals surface area contributed by atoms with Gasteiger partial charge in [-0.2, -0.15) is 0 Å². The lowest BCUT2D eigenvalue weighted by Gasteiger charge is -2.11. The summed E-state index contributed by atoms with van der Waals surface area (Å²) in [6.07, 6.45) is 0. The van der Waals surface area contributed by atoms with Crippen LogP contribution < -0.4 is 0 Å². The predicted molar refractivity (Wildman–Crippen MR) is 668 cm³/mol. The van der Waals surface area contributed by atoms with Crippen molar-refractivity contribution in [3.8, 4) is 100 Å². The summed E-state index contributed by atoms with van der Waals surface area (Å²) >= 11 is 0. The van der Waals surface area contributed by atoms with Gasteiger partial charge in [0.15, 0.2) is 0 Å². The largest absolute Gasteiger partial charge is 0.0683 e. The number of hydrogen-bond acceptors (Lipinski definition) is 0. The molecule has 0 amide bonds. The first-order chi connectivity index (χ1) is 69.3. The molecule has 0 nitrogen and oxygen atoms in total. The fourth-order valence-corrected chi connectivity index (χ4v) is 11.0. The Morgan fingerprint density at radius 3 is 0.357 bits per heavy atom. The Balaban J connectivity index is -0.000000108. The molecule has 0 N–H and O–H groups in total. The van der Waals surface area contributed by atoms with Gasteiger partial charge in [0.2, 0.25) is 0 Å². The smallest absolute Gasteiger partial charge is 0.0175 e. The monoisotopic (exact) mass is 1900 g/mol. The minimum atomic E-state index is 1.24. The molecule has 140 heavy (non-hydrogen) atoms. The van der Waals surface area contributed by atoms with E-state index in [1.807, 2.05) is 379 Å². The zero-order valence-corrected chi connectivity index (χ0v) is 100. The second-order valence-electron chi connectivity index (χ2n) is 23.2. The maximum absolute atomic E-state index is 2.31. The van der Waals surface area contributed by atoms with Gasteiger partial charge in [0.05, 0.1) is 0 Å². The number of benzene rings is 15. The molecule has 0 bridgehead atoms. The molecular formula is C140H218. The molecule has 0 unspecified atom stereocenters. The lowest BCUT2D eigenvalue weighted by molar-refractivity contribution is 1.46. The molecule has 0 heteroatoms. The first-order valence-corrected chi connectivity index (χ1v) is 55.3. The molecule has 778 valence electrons. The quantitative estimate of drug-likeness (QED) is 0.135. The summed E-state index contributed by atoms with van der Waals surface area (Å²) in [4.78, 5) is 0. The minimum Gasteiger partial charge on any atom is -0.0683 e. The minimum absolute atomic E-state index is 1.24. The SMILES string of the molecule is CC.CC.CC.CC.CC.CC.CC.CC.CC.CC.CC.CC.CC.CC.CC.CC.CC.CC.CC.CC.CC.CC.CC.Cc1cc(-c2cccc(-c3ccccc3)c2)cc(-c2cccc(-c3ccccc3)c2)c1.Cc1cc(-c2ccccc2)cc(-c2ccccc2)c1.Cc1ccc(-c2ccccc2)cc1.Cc1cccc(-c2ccccc2)c1.c1ccc(-c2ccccc2)cc1.c1ccccc1. The Kier molecular flexibility index (Phi) is 154. The van der Waals surface area contributed by atoms with Crippen molar-refractivity contribution in [3.63, 3.8) is 0 Å². The van der Waals surface area contributed by atoms with Crippen molar-refractivity contribution in [2.24, 2.45) is 0 Å². The van der Waals surface area contributed by atoms with Crippen LogP contribution in [0.5, 0.6) is 0 Å². The zero-order chi connectivity index (χ0) is 111. The van der Waals surface area contributed by atoms with Crippen molar-refractivity contribution >= 4 is 0 Å². The second kappa shape index (κ2) is 136. The average Bonchev–Trinajstić information content (AvgIpc) is 0.797. The van der Waals surface area contributed by atoms with E-state index in [2.05, 4.69) is 380 Å². The number of rotatable bonds is 9. The lowest BCUT2D eigenvalue weighted by atomic mass is 9.93. The Bertz CT molecular complexity index is 4380. The highest BCUT2D eigenvalue weighted by molar-refractivity contribution is 5.80. The third-order valence-corrected chi connectivity index (χ3v) is 15.8. The first-order valence-electron chi connectivity index (χ1n) is 55.3. The Morgan fingerprint density at radius 1 is 0.0714 bits per heavy atom. The van der Waals surface area contributed by atoms with Crippen molar-refractivity contribution in [2.45, 2.75) is 346 Å². The van der Waals surface area contributed by atoms with E-state index >= 15 is 0 Å². The van der Waals surface area contributed by atoms with Gasteiger partial charge < -0.3 is 0 Å². The van der Waals surface area contributed by atoms with E-state index in [1.54, 1.807) is 0 Å². The van der Waals surface area contributed by atoms with Crippen molar-refractivity contribution in [1.29, 1.82) is 0 Å². The maximum Gasteiger partial charge on any atom is -0.0175 e. The van der Waals surface area contributed by atoms with E-state index in [0.29, 0.717) is 0 Å². The fraction of sp³-hybridized carbons (Fsp3) is 0.357. The molecular weight excluding hydrogens is 1680 g/mol. The van der Waals surface area contributed by atoms with E-state index in [1.165, 1.54) is 122 Å². The van der Waals surface area contributed by atoms with Crippen LogP contribution in [0.3, 0.4) is 0 Å². The summed E-state index contributed by atoms with van der Waals surface area (Å²) in [6.45, 7) is 101. The molecule has 0 aliphatic carbocycles. The summed E-state index contributed by atoms with van der Waals surface area (Å²) in [5, 5.41) is 0. The molecule has 0 fully saturated rings. The molecule has 0 radical (unpaired) electrons. The molecule has 15 aromatic carbocycles. The highest BCUT2D eigenvalue weighted by Crippen LogP contribution is 2.34. The third kappa shape index (κ3) is 79.1. The highest BCUT2D eigenvalue weighted by Gasteiger charge is 2.09. The topological polar surface area (TPSA) is 0 Å². The standard InChI is InChI=1S/C31H24.C19H16.2C13H12.C12H10.C6H6.23C2H6/c1-23-18-30(28-16-8-14-26(20-28)24-10-4-2-5-11-24)22-31(19-23)29-17-9-15-27(21-29)25-12-6-3-7-13-25;1-15-12-18(16-8-4-2-5-9-16)14-19(13-15)17-10-6-3-7-11-17;1-11-6-5-9-13(10-11)12-7-3-2-4-8-12;1-11-7-9-13(10-8-11)12-5-3-2-4-6-12;1-3-7-11(8-4-1)12-9-5-2-6-10-12;1-2-4-6-5-3-1;23*1-2/h2-22H,1H3;2-14H,1H3;2*2-10H,1H3;1-10H;1-6H;23*1-2H3. The van der Waals surface area contributed by atoms with Crippen LogP contribution in [0.15, 0.2) is 413 Å². The molecule has 0 aromatic heterocycles. The summed E-state index contributed by atoms with van der Waals surface area (Å²) in [5.74, 6) is 0. The van der Waals surface area contributed by atoms with Gasteiger partial charge in [-0.15, -0.1) is 0 Å². The molecule has 0 aliphatic rings. The van der Waals surface area contributed by atoms with Crippen LogP contribution in [0.2, 0.25) is 0 Å². The molecule has 0 spiro atoms. The van der Waals surface area contributed by atoms with Crippen molar-refractivity contribution in [3.05, 3.63) is 435 Å². The van der Waals surface area contributed by atoms with Gasteiger partial charge in [-0.3, -0.25) is 0 Å². The van der Waals surface area contributed by atoms with Gasteiger partial charge in [0.1, 0.15) is 0 Å². The van der Waals surface area contributed by atoms with E-state index < -0.39 is 0 Å². The summed E-state index contributed by atoms with van der Waals surface area (Å²) in [6, 6.07) is 144. The van der Waals surface area contributed by atoms with Crippen LogP contribution in [0, 0.1) is 27.7 Å². The molecule has 15 aromatic rings. The van der Waals surface area contributed by atoms with E-state index in [4.69, 9.17) is 0 Å². The van der Waals surface area contributed by atoms with E-state index in [-0.39, 0.29) is 0 Å². The molecule has 15 rings (SSSR count). The Labute approximate surface area is 875 Å². The van der Waals surface area contributed by atoms with Gasteiger partial charge in [-0.1, -0.05) is 718 Å². The maximum atomic E-state index is 2.31. The van der Waals surface area contributed by atoms with E-state index in [0.717, 1.165) is 0 Å². The van der Waals surface area contributed by atoms with Crippen LogP contribution in [-0.4, -0.2) is 0 Å². The predicted octanol–water partition coefficient (Wildman–Crippen LogP) is 50.0. The number of aryl methyl sites for hydroxylation is 4. The van der Waals surface area contributed by atoms with Gasteiger partial charge in [-0.05, 0) is 163 Å². The van der Waals surface area contributed by atoms with Gasteiger partial charge in [-0.25, -0.2) is 0 Å². The summed E-state index contributed by atoms with van der Waals surface area (Å²) in [5.41, 5.74) is 27.9. The van der Waals surface area contributed by atoms with Gasteiger partial charge >= 0.3 is 0 Å². The van der Waals surface area contributed by atoms with Crippen LogP contribution in [0.1, 0.15) is 341 Å².